The Bertz CT molecular complexity index is 1650. The Morgan fingerprint density at radius 2 is 1.89 bits per heavy atom. The van der Waals surface area contributed by atoms with Gasteiger partial charge in [0, 0.05) is 28.4 Å². The van der Waals surface area contributed by atoms with Gasteiger partial charge < -0.3 is 19.5 Å². The first-order chi connectivity index (χ1) is 17.1. The van der Waals surface area contributed by atoms with Gasteiger partial charge in [0.25, 0.3) is 11.5 Å². The van der Waals surface area contributed by atoms with Gasteiger partial charge in [0.1, 0.15) is 5.75 Å². The minimum Gasteiger partial charge on any atom is -0.493 e. The number of hydrogen-bond donors (Lipinski definition) is 1. The summed E-state index contributed by atoms with van der Waals surface area (Å²) in [6.45, 7) is -0.0468. The Balaban J connectivity index is 1.48. The molecule has 0 bridgehead atoms. The highest BCUT2D eigenvalue weighted by atomic mass is 16.5. The Kier molecular flexibility index (Phi) is 5.09. The molecule has 6 rings (SSSR count). The molecule has 0 radical (unpaired) electrons. The number of amides is 1. The maximum Gasteiger partial charge on any atom is 0.267 e. The molecule has 2 aromatic carbocycles. The number of ether oxygens (including phenoxy) is 3. The second-order valence-electron chi connectivity index (χ2n) is 8.94. The summed E-state index contributed by atoms with van der Waals surface area (Å²) in [5.74, 6) is 1.32. The van der Waals surface area contributed by atoms with Crippen LogP contribution in [0.15, 0.2) is 47.4 Å². The van der Waals surface area contributed by atoms with Gasteiger partial charge in [0.15, 0.2) is 18.1 Å². The fourth-order valence-corrected chi connectivity index (χ4v) is 5.38. The number of carbonyl (C=O) groups is 1. The number of benzene rings is 2. The monoisotopic (exact) mass is 471 g/mol. The number of fused-ring (bicyclic) bond motifs is 5. The van der Waals surface area contributed by atoms with E-state index in [0.717, 1.165) is 47.5 Å². The van der Waals surface area contributed by atoms with E-state index in [9.17, 15) is 9.59 Å². The average molecular weight is 472 g/mol. The van der Waals surface area contributed by atoms with Crippen LogP contribution in [-0.4, -0.2) is 42.2 Å². The molecule has 8 nitrogen and oxygen atoms in total. The van der Waals surface area contributed by atoms with Gasteiger partial charge in [-0.3, -0.25) is 19.0 Å². The van der Waals surface area contributed by atoms with Crippen LogP contribution in [0, 0.1) is 0 Å². The zero-order chi connectivity index (χ0) is 24.1. The molecule has 178 valence electrons. The lowest BCUT2D eigenvalue weighted by atomic mass is 10.1. The van der Waals surface area contributed by atoms with E-state index in [4.69, 9.17) is 14.2 Å². The van der Waals surface area contributed by atoms with Gasteiger partial charge in [-0.2, -0.15) is 0 Å². The third-order valence-corrected chi connectivity index (χ3v) is 6.95. The molecular weight excluding hydrogens is 446 g/mol. The maximum atomic E-state index is 13.8. The first-order valence-electron chi connectivity index (χ1n) is 11.8. The van der Waals surface area contributed by atoms with E-state index < -0.39 is 0 Å². The molecule has 0 spiro atoms. The van der Waals surface area contributed by atoms with Crippen LogP contribution in [-0.2, 0) is 4.79 Å². The van der Waals surface area contributed by atoms with E-state index in [2.05, 4.69) is 10.3 Å². The van der Waals surface area contributed by atoms with Crippen molar-refractivity contribution in [3.05, 3.63) is 52.9 Å². The molecule has 0 aliphatic heterocycles. The summed E-state index contributed by atoms with van der Waals surface area (Å²) in [6, 6.07) is 11.3. The van der Waals surface area contributed by atoms with Gasteiger partial charge >= 0.3 is 0 Å². The van der Waals surface area contributed by atoms with E-state index in [1.807, 2.05) is 24.3 Å². The summed E-state index contributed by atoms with van der Waals surface area (Å²) < 4.78 is 18.5. The van der Waals surface area contributed by atoms with Gasteiger partial charge in [-0.15, -0.1) is 0 Å². The van der Waals surface area contributed by atoms with Crippen LogP contribution in [0.3, 0.4) is 0 Å². The molecule has 8 heteroatoms. The topological polar surface area (TPSA) is 91.2 Å². The third-order valence-electron chi connectivity index (χ3n) is 6.95. The molecule has 5 aromatic rings. The Hall–Kier alpha value is -4.07. The van der Waals surface area contributed by atoms with Crippen molar-refractivity contribution in [1.82, 2.24) is 14.7 Å². The van der Waals surface area contributed by atoms with Crippen LogP contribution in [0.1, 0.15) is 25.7 Å². The van der Waals surface area contributed by atoms with E-state index in [0.29, 0.717) is 33.5 Å². The highest BCUT2D eigenvalue weighted by Gasteiger charge is 2.22. The molecule has 0 saturated heterocycles. The van der Waals surface area contributed by atoms with Gasteiger partial charge in [-0.05, 0) is 49.2 Å². The maximum absolute atomic E-state index is 13.8. The predicted octanol–water partition coefficient (Wildman–Crippen LogP) is 4.05. The molecule has 3 aromatic heterocycles. The molecule has 1 aliphatic carbocycles. The molecule has 1 amide bonds. The molecule has 1 aliphatic rings. The second kappa shape index (κ2) is 8.30. The minimum absolute atomic E-state index is 0.0468. The summed E-state index contributed by atoms with van der Waals surface area (Å²) in [6.07, 6.45) is 6.11. The number of nitrogens with one attached hydrogen (secondary N) is 1. The van der Waals surface area contributed by atoms with E-state index >= 15 is 0 Å². The van der Waals surface area contributed by atoms with E-state index in [1.54, 1.807) is 29.8 Å². The Morgan fingerprint density at radius 3 is 2.66 bits per heavy atom. The van der Waals surface area contributed by atoms with Gasteiger partial charge in [-0.25, -0.2) is 0 Å². The highest BCUT2D eigenvalue weighted by molar-refractivity contribution is 6.19. The van der Waals surface area contributed by atoms with E-state index in [1.165, 1.54) is 7.11 Å². The molecule has 1 N–H and O–H groups in total. The lowest BCUT2D eigenvalue weighted by molar-refractivity contribution is -0.123. The molecular formula is C27H25N3O5. The largest absolute Gasteiger partial charge is 0.493 e. The first-order valence-corrected chi connectivity index (χ1v) is 11.8. The molecule has 1 saturated carbocycles. The third kappa shape index (κ3) is 3.31. The van der Waals surface area contributed by atoms with Crippen molar-refractivity contribution in [2.24, 2.45) is 0 Å². The minimum atomic E-state index is -0.208. The van der Waals surface area contributed by atoms with Crippen LogP contribution < -0.4 is 25.1 Å². The standard InChI is InChI=1S/C27H25N3O5/c1-33-21-10-8-18-23(26(21)34-2)27(32)30-20-9-7-16(35-14-22(31)29-15-5-3-4-6-15)13-19(20)17-11-12-28-24(18)25(17)30/h7-13,15H,3-6,14H2,1-2H3,(H,29,31). The quantitative estimate of drug-likeness (QED) is 0.376. The van der Waals surface area contributed by atoms with Crippen LogP contribution in [0.2, 0.25) is 0 Å². The summed E-state index contributed by atoms with van der Waals surface area (Å²) >= 11 is 0. The summed E-state index contributed by atoms with van der Waals surface area (Å²) in [5.41, 5.74) is 1.97. The first kappa shape index (κ1) is 21.5. The van der Waals surface area contributed by atoms with Crippen molar-refractivity contribution in [1.29, 1.82) is 0 Å². The number of pyridine rings is 2. The van der Waals surface area contributed by atoms with Crippen molar-refractivity contribution in [2.75, 3.05) is 20.8 Å². The number of methoxy groups -OCH3 is 2. The van der Waals surface area contributed by atoms with Crippen LogP contribution in [0.4, 0.5) is 0 Å². The van der Waals surface area contributed by atoms with Gasteiger partial charge in [0.05, 0.1) is 36.2 Å². The highest BCUT2D eigenvalue weighted by Crippen LogP contribution is 2.39. The number of rotatable bonds is 6. The molecule has 35 heavy (non-hydrogen) atoms. The molecule has 1 fully saturated rings. The van der Waals surface area contributed by atoms with Crippen molar-refractivity contribution in [3.63, 3.8) is 0 Å². The predicted molar refractivity (Wildman–Crippen MR) is 134 cm³/mol. The van der Waals surface area contributed by atoms with Crippen LogP contribution >= 0.6 is 0 Å². The number of hydrogen-bond acceptors (Lipinski definition) is 6. The van der Waals surface area contributed by atoms with Gasteiger partial charge in [-0.1, -0.05) is 12.8 Å². The normalized spacial score (nSPS) is 14.3. The molecule has 0 atom stereocenters. The summed E-state index contributed by atoms with van der Waals surface area (Å²) in [4.78, 5) is 30.7. The van der Waals surface area contributed by atoms with Crippen LogP contribution in [0.25, 0.3) is 38.1 Å². The van der Waals surface area contributed by atoms with E-state index in [-0.39, 0.29) is 24.1 Å². The lowest BCUT2D eigenvalue weighted by Gasteiger charge is -2.12. The SMILES string of the molecule is COc1ccc2c(c1OC)c(=O)n1c3ccc(OCC(=O)NC4CCCC4)cc3c3ccnc2c31. The van der Waals surface area contributed by atoms with Crippen LogP contribution in [0.5, 0.6) is 17.2 Å². The zero-order valence-corrected chi connectivity index (χ0v) is 19.6. The van der Waals surface area contributed by atoms with Crippen molar-refractivity contribution < 1.29 is 19.0 Å². The van der Waals surface area contributed by atoms with Gasteiger partial charge in [0.2, 0.25) is 0 Å². The Labute approximate surface area is 200 Å². The summed E-state index contributed by atoms with van der Waals surface area (Å²) in [5, 5.41) is 5.90. The van der Waals surface area contributed by atoms with Crippen molar-refractivity contribution in [3.8, 4) is 17.2 Å². The lowest BCUT2D eigenvalue weighted by Crippen LogP contribution is -2.36. The average Bonchev–Trinajstić information content (AvgIpc) is 3.51. The molecule has 0 unspecified atom stereocenters. The number of carbonyl (C=O) groups excluding carboxylic acids is 1. The number of nitrogens with zero attached hydrogens (tertiary/aromatic N) is 2. The number of aromatic nitrogens is 2. The smallest absolute Gasteiger partial charge is 0.267 e. The Morgan fingerprint density at radius 1 is 1.06 bits per heavy atom. The fraction of sp³-hybridized carbons (Fsp3) is 0.296. The zero-order valence-electron chi connectivity index (χ0n) is 19.6. The molecule has 3 heterocycles. The fourth-order valence-electron chi connectivity index (χ4n) is 5.38. The summed E-state index contributed by atoms with van der Waals surface area (Å²) in [7, 11) is 3.07. The van der Waals surface area contributed by atoms with Crippen molar-refractivity contribution in [2.45, 2.75) is 31.7 Å². The second-order valence-corrected chi connectivity index (χ2v) is 8.94. The van der Waals surface area contributed by atoms with Crippen molar-refractivity contribution >= 4 is 44.0 Å².